The van der Waals surface area contributed by atoms with Gasteiger partial charge in [0.2, 0.25) is 0 Å². The molecule has 2 aromatic heterocycles. The summed E-state index contributed by atoms with van der Waals surface area (Å²) in [5.74, 6) is 0.0251. The molecule has 0 saturated carbocycles. The molecule has 0 aliphatic carbocycles. The third kappa shape index (κ3) is 4.06. The van der Waals surface area contributed by atoms with Crippen LogP contribution in [0.15, 0.2) is 47.1 Å². The number of carbonyl (C=O) groups excluding carboxylic acids is 1. The Bertz CT molecular complexity index is 972. The molecule has 0 atom stereocenters. The molecule has 0 radical (unpaired) electrons. The molecule has 27 heavy (non-hydrogen) atoms. The Hall–Kier alpha value is -2.18. The van der Waals surface area contributed by atoms with E-state index < -0.39 is 0 Å². The van der Waals surface area contributed by atoms with Crippen LogP contribution in [0, 0.1) is 6.92 Å². The van der Waals surface area contributed by atoms with Gasteiger partial charge in [-0.3, -0.25) is 4.79 Å². The van der Waals surface area contributed by atoms with Gasteiger partial charge in [-0.05, 0) is 56.2 Å². The standard InChI is InChI=1S/C20H19BrN4O.ClH/c1-13-4-9-16-18(24-15-7-5-14(21)6-8-15)17(12-22-19(16)23-13)20(26)25-10-2-3-11-25;/h4-9,12H,2-3,10-11H2,1H3,(H,22,23,24);1H. The first-order valence-corrected chi connectivity index (χ1v) is 9.49. The van der Waals surface area contributed by atoms with E-state index in [1.807, 2.05) is 48.2 Å². The van der Waals surface area contributed by atoms with Gasteiger partial charge in [0.15, 0.2) is 5.65 Å². The molecule has 7 heteroatoms. The molecule has 3 heterocycles. The van der Waals surface area contributed by atoms with Crippen molar-refractivity contribution in [3.05, 3.63) is 58.3 Å². The second-order valence-electron chi connectivity index (χ2n) is 6.50. The molecule has 3 aromatic rings. The van der Waals surface area contributed by atoms with Crippen molar-refractivity contribution in [3.8, 4) is 0 Å². The number of halogens is 2. The van der Waals surface area contributed by atoms with Gasteiger partial charge in [0, 0.05) is 40.5 Å². The van der Waals surface area contributed by atoms with Crippen molar-refractivity contribution in [1.29, 1.82) is 0 Å². The molecule has 1 aliphatic rings. The van der Waals surface area contributed by atoms with E-state index in [1.165, 1.54) is 0 Å². The molecule has 1 N–H and O–H groups in total. The Kier molecular flexibility index (Phi) is 5.97. The molecular formula is C20H20BrClN4O. The van der Waals surface area contributed by atoms with Gasteiger partial charge in [-0.15, -0.1) is 12.4 Å². The summed E-state index contributed by atoms with van der Waals surface area (Å²) >= 11 is 3.45. The number of hydrogen-bond donors (Lipinski definition) is 1. The van der Waals surface area contributed by atoms with E-state index in [0.717, 1.165) is 52.9 Å². The van der Waals surface area contributed by atoms with Gasteiger partial charge in [0.05, 0.1) is 11.3 Å². The minimum atomic E-state index is 0. The lowest BCUT2D eigenvalue weighted by molar-refractivity contribution is 0.0793. The first-order valence-electron chi connectivity index (χ1n) is 8.70. The molecule has 5 nitrogen and oxygen atoms in total. The van der Waals surface area contributed by atoms with E-state index in [-0.39, 0.29) is 18.3 Å². The van der Waals surface area contributed by atoms with Crippen LogP contribution < -0.4 is 5.32 Å². The van der Waals surface area contributed by atoms with Gasteiger partial charge in [-0.25, -0.2) is 9.97 Å². The van der Waals surface area contributed by atoms with E-state index in [4.69, 9.17) is 0 Å². The molecule has 0 bridgehead atoms. The smallest absolute Gasteiger partial charge is 0.257 e. The zero-order valence-corrected chi connectivity index (χ0v) is 17.3. The highest BCUT2D eigenvalue weighted by Gasteiger charge is 2.24. The maximum Gasteiger partial charge on any atom is 0.257 e. The summed E-state index contributed by atoms with van der Waals surface area (Å²) in [5.41, 5.74) is 3.81. The number of aromatic nitrogens is 2. The molecule has 0 spiro atoms. The summed E-state index contributed by atoms with van der Waals surface area (Å²) in [6.45, 7) is 3.55. The van der Waals surface area contributed by atoms with Crippen molar-refractivity contribution in [1.82, 2.24) is 14.9 Å². The van der Waals surface area contributed by atoms with Gasteiger partial charge >= 0.3 is 0 Å². The van der Waals surface area contributed by atoms with Crippen LogP contribution >= 0.6 is 28.3 Å². The fraction of sp³-hybridized carbons (Fsp3) is 0.250. The highest BCUT2D eigenvalue weighted by molar-refractivity contribution is 9.10. The van der Waals surface area contributed by atoms with Crippen LogP contribution in [-0.4, -0.2) is 33.9 Å². The summed E-state index contributed by atoms with van der Waals surface area (Å²) < 4.78 is 1.01. The number of amides is 1. The van der Waals surface area contributed by atoms with Gasteiger partial charge in [0.25, 0.3) is 5.91 Å². The van der Waals surface area contributed by atoms with E-state index in [2.05, 4.69) is 31.2 Å². The second-order valence-corrected chi connectivity index (χ2v) is 7.42. The largest absolute Gasteiger partial charge is 0.354 e. The molecule has 1 aromatic carbocycles. The molecule has 1 fully saturated rings. The van der Waals surface area contributed by atoms with Gasteiger partial charge in [0.1, 0.15) is 0 Å². The predicted octanol–water partition coefficient (Wildman–Crippen LogP) is 5.10. The van der Waals surface area contributed by atoms with Crippen molar-refractivity contribution in [3.63, 3.8) is 0 Å². The number of fused-ring (bicyclic) bond motifs is 1. The Balaban J connectivity index is 0.00000210. The number of carbonyl (C=O) groups is 1. The molecule has 4 rings (SSSR count). The maximum absolute atomic E-state index is 13.0. The summed E-state index contributed by atoms with van der Waals surface area (Å²) in [6.07, 6.45) is 3.77. The number of aryl methyl sites for hydroxylation is 1. The first-order chi connectivity index (χ1) is 12.6. The molecule has 0 unspecified atom stereocenters. The van der Waals surface area contributed by atoms with E-state index in [1.54, 1.807) is 6.20 Å². The predicted molar refractivity (Wildman–Crippen MR) is 114 cm³/mol. The van der Waals surface area contributed by atoms with Gasteiger partial charge in [-0.2, -0.15) is 0 Å². The van der Waals surface area contributed by atoms with Crippen LogP contribution in [0.1, 0.15) is 28.9 Å². The lowest BCUT2D eigenvalue weighted by Gasteiger charge is -2.19. The van der Waals surface area contributed by atoms with Crippen LogP contribution in [0.4, 0.5) is 11.4 Å². The fourth-order valence-corrected chi connectivity index (χ4v) is 3.50. The lowest BCUT2D eigenvalue weighted by Crippen LogP contribution is -2.28. The van der Waals surface area contributed by atoms with Crippen LogP contribution in [0.3, 0.4) is 0 Å². The quantitative estimate of drug-likeness (QED) is 0.607. The number of rotatable bonds is 3. The number of pyridine rings is 2. The topological polar surface area (TPSA) is 58.1 Å². The van der Waals surface area contributed by atoms with E-state index >= 15 is 0 Å². The minimum absolute atomic E-state index is 0. The number of hydrogen-bond acceptors (Lipinski definition) is 4. The van der Waals surface area contributed by atoms with E-state index in [9.17, 15) is 4.79 Å². The third-order valence-electron chi connectivity index (χ3n) is 4.61. The number of nitrogens with one attached hydrogen (secondary N) is 1. The second kappa shape index (κ2) is 8.23. The van der Waals surface area contributed by atoms with Crippen LogP contribution in [0.5, 0.6) is 0 Å². The molecule has 1 aliphatic heterocycles. The minimum Gasteiger partial charge on any atom is -0.354 e. The van der Waals surface area contributed by atoms with Crippen molar-refractivity contribution < 1.29 is 4.79 Å². The number of anilines is 2. The molecule has 1 amide bonds. The monoisotopic (exact) mass is 446 g/mol. The lowest BCUT2D eigenvalue weighted by atomic mass is 10.1. The Morgan fingerprint density at radius 1 is 1.11 bits per heavy atom. The van der Waals surface area contributed by atoms with Crippen molar-refractivity contribution >= 4 is 56.7 Å². The average molecular weight is 448 g/mol. The fourth-order valence-electron chi connectivity index (χ4n) is 3.24. The highest BCUT2D eigenvalue weighted by Crippen LogP contribution is 2.30. The normalized spacial score (nSPS) is 13.5. The summed E-state index contributed by atoms with van der Waals surface area (Å²) in [4.78, 5) is 23.9. The van der Waals surface area contributed by atoms with Crippen LogP contribution in [0.25, 0.3) is 11.0 Å². The Labute approximate surface area is 172 Å². The van der Waals surface area contributed by atoms with Crippen LogP contribution in [0.2, 0.25) is 0 Å². The number of likely N-dealkylation sites (tertiary alicyclic amines) is 1. The van der Waals surface area contributed by atoms with Crippen molar-refractivity contribution in [2.45, 2.75) is 19.8 Å². The molecular weight excluding hydrogens is 428 g/mol. The number of nitrogens with zero attached hydrogens (tertiary/aromatic N) is 3. The summed E-state index contributed by atoms with van der Waals surface area (Å²) in [7, 11) is 0. The van der Waals surface area contributed by atoms with Gasteiger partial charge in [-0.1, -0.05) is 15.9 Å². The van der Waals surface area contributed by atoms with E-state index in [0.29, 0.717) is 11.2 Å². The average Bonchev–Trinajstić information content (AvgIpc) is 3.18. The zero-order valence-electron chi connectivity index (χ0n) is 14.9. The molecule has 1 saturated heterocycles. The van der Waals surface area contributed by atoms with Crippen molar-refractivity contribution in [2.24, 2.45) is 0 Å². The number of benzene rings is 1. The summed E-state index contributed by atoms with van der Waals surface area (Å²) in [5, 5.41) is 4.27. The highest BCUT2D eigenvalue weighted by atomic mass is 79.9. The zero-order chi connectivity index (χ0) is 18.1. The van der Waals surface area contributed by atoms with Gasteiger partial charge < -0.3 is 10.2 Å². The van der Waals surface area contributed by atoms with Crippen molar-refractivity contribution in [2.75, 3.05) is 18.4 Å². The first kappa shape index (κ1) is 19.6. The summed E-state index contributed by atoms with van der Waals surface area (Å²) in [6, 6.07) is 11.8. The van der Waals surface area contributed by atoms with Crippen LogP contribution in [-0.2, 0) is 0 Å². The Morgan fingerprint density at radius 2 is 1.81 bits per heavy atom. The third-order valence-corrected chi connectivity index (χ3v) is 5.13. The molecule has 140 valence electrons. The maximum atomic E-state index is 13.0. The Morgan fingerprint density at radius 3 is 2.52 bits per heavy atom. The SMILES string of the molecule is Cc1ccc2c(Nc3ccc(Br)cc3)c(C(=O)N3CCCC3)cnc2n1.Cl.